The number of rotatable bonds is 3. The van der Waals surface area contributed by atoms with Crippen LogP contribution < -0.4 is 5.32 Å². The second-order valence-electron chi connectivity index (χ2n) is 5.47. The maximum atomic E-state index is 9.06. The summed E-state index contributed by atoms with van der Waals surface area (Å²) in [7, 11) is 0. The summed E-state index contributed by atoms with van der Waals surface area (Å²) in [5.74, 6) is 0.588. The van der Waals surface area contributed by atoms with Crippen LogP contribution >= 0.6 is 0 Å². The van der Waals surface area contributed by atoms with E-state index in [0.29, 0.717) is 5.92 Å². The van der Waals surface area contributed by atoms with Gasteiger partial charge in [-0.25, -0.2) is 10.1 Å². The molecule has 1 rings (SSSR count). The molecule has 3 heteroatoms. The van der Waals surface area contributed by atoms with E-state index in [-0.39, 0.29) is 5.41 Å². The van der Waals surface area contributed by atoms with Crippen LogP contribution in [0.1, 0.15) is 47.0 Å². The third kappa shape index (κ3) is 2.69. The van der Waals surface area contributed by atoms with Gasteiger partial charge >= 0.3 is 0 Å². The quantitative estimate of drug-likeness (QED) is 0.419. The highest BCUT2D eigenvalue weighted by molar-refractivity contribution is 4.92. The highest BCUT2D eigenvalue weighted by Gasteiger charge is 2.43. The molecular formula is C11H23NO2. The van der Waals surface area contributed by atoms with E-state index in [4.69, 9.17) is 10.1 Å². The lowest BCUT2D eigenvalue weighted by Gasteiger charge is -2.45. The maximum absolute atomic E-state index is 9.06. The van der Waals surface area contributed by atoms with Crippen molar-refractivity contribution < 1.29 is 10.1 Å². The van der Waals surface area contributed by atoms with E-state index in [2.05, 4.69) is 26.1 Å². The summed E-state index contributed by atoms with van der Waals surface area (Å²) < 4.78 is 0. The number of hydrogen-bond donors (Lipinski definition) is 2. The molecular weight excluding hydrogens is 178 g/mol. The van der Waals surface area contributed by atoms with Gasteiger partial charge in [-0.1, -0.05) is 27.7 Å². The minimum absolute atomic E-state index is 0.239. The fourth-order valence-electron chi connectivity index (χ4n) is 3.05. The molecule has 1 aliphatic carbocycles. The summed E-state index contributed by atoms with van der Waals surface area (Å²) in [5, 5.41) is 12.3. The zero-order valence-electron chi connectivity index (χ0n) is 9.76. The Bertz CT molecular complexity index is 194. The molecule has 2 unspecified atom stereocenters. The Kier molecular flexibility index (Phi) is 3.56. The van der Waals surface area contributed by atoms with Crippen LogP contribution in [0, 0.1) is 11.3 Å². The van der Waals surface area contributed by atoms with Crippen molar-refractivity contribution in [2.45, 2.75) is 52.7 Å². The molecule has 0 bridgehead atoms. The third-order valence-corrected chi connectivity index (χ3v) is 3.02. The van der Waals surface area contributed by atoms with Crippen LogP contribution in [0.2, 0.25) is 0 Å². The summed E-state index contributed by atoms with van der Waals surface area (Å²) in [6.45, 7) is 9.53. The normalized spacial score (nSPS) is 37.1. The SMILES string of the molecule is CCNC1(OO)CC(C)CC(C)(C)C1. The van der Waals surface area contributed by atoms with Crippen LogP contribution in [-0.4, -0.2) is 17.5 Å². The summed E-state index contributed by atoms with van der Waals surface area (Å²) in [6.07, 6.45) is 2.96. The monoisotopic (exact) mass is 201 g/mol. The van der Waals surface area contributed by atoms with Crippen LogP contribution in [0.4, 0.5) is 0 Å². The van der Waals surface area contributed by atoms with Crippen molar-refractivity contribution in [3.8, 4) is 0 Å². The number of nitrogens with one attached hydrogen (secondary N) is 1. The van der Waals surface area contributed by atoms with E-state index < -0.39 is 5.72 Å². The zero-order chi connectivity index (χ0) is 10.8. The van der Waals surface area contributed by atoms with Crippen LogP contribution in [0.15, 0.2) is 0 Å². The van der Waals surface area contributed by atoms with Crippen molar-refractivity contribution >= 4 is 0 Å². The van der Waals surface area contributed by atoms with Crippen molar-refractivity contribution in [3.63, 3.8) is 0 Å². The van der Waals surface area contributed by atoms with Gasteiger partial charge in [0.25, 0.3) is 0 Å². The van der Waals surface area contributed by atoms with Gasteiger partial charge < -0.3 is 0 Å². The topological polar surface area (TPSA) is 41.5 Å². The fraction of sp³-hybridized carbons (Fsp3) is 1.00. The maximum Gasteiger partial charge on any atom is 0.154 e. The highest BCUT2D eigenvalue weighted by Crippen LogP contribution is 2.43. The summed E-state index contributed by atoms with van der Waals surface area (Å²) in [5.41, 5.74) is -0.279. The smallest absolute Gasteiger partial charge is 0.154 e. The molecule has 0 aliphatic heterocycles. The Morgan fingerprint density at radius 3 is 2.50 bits per heavy atom. The predicted octanol–water partition coefficient (Wildman–Crippen LogP) is 2.63. The van der Waals surface area contributed by atoms with Gasteiger partial charge in [0.1, 0.15) is 0 Å². The van der Waals surface area contributed by atoms with Crippen LogP contribution in [-0.2, 0) is 4.89 Å². The Balaban J connectivity index is 2.75. The van der Waals surface area contributed by atoms with Gasteiger partial charge in [-0.3, -0.25) is 5.32 Å². The average molecular weight is 201 g/mol. The molecule has 84 valence electrons. The molecule has 0 heterocycles. The first-order chi connectivity index (χ1) is 6.43. The Labute approximate surface area is 86.8 Å². The molecule has 0 aromatic rings. The molecule has 1 fully saturated rings. The molecule has 2 atom stereocenters. The Morgan fingerprint density at radius 2 is 2.07 bits per heavy atom. The van der Waals surface area contributed by atoms with Gasteiger partial charge in [0, 0.05) is 0 Å². The van der Waals surface area contributed by atoms with Crippen LogP contribution in [0.5, 0.6) is 0 Å². The van der Waals surface area contributed by atoms with Crippen molar-refractivity contribution in [2.75, 3.05) is 6.54 Å². The molecule has 0 saturated heterocycles. The molecule has 2 N–H and O–H groups in total. The second-order valence-corrected chi connectivity index (χ2v) is 5.47. The lowest BCUT2D eigenvalue weighted by molar-refractivity contribution is -0.350. The zero-order valence-corrected chi connectivity index (χ0v) is 9.76. The molecule has 0 radical (unpaired) electrons. The van der Waals surface area contributed by atoms with Crippen molar-refractivity contribution in [1.29, 1.82) is 0 Å². The van der Waals surface area contributed by atoms with E-state index in [9.17, 15) is 0 Å². The average Bonchev–Trinajstić information content (AvgIpc) is 2.00. The first-order valence-corrected chi connectivity index (χ1v) is 5.51. The first kappa shape index (κ1) is 12.0. The van der Waals surface area contributed by atoms with E-state index in [1.54, 1.807) is 0 Å². The lowest BCUT2D eigenvalue weighted by atomic mass is 9.69. The van der Waals surface area contributed by atoms with Gasteiger partial charge in [-0.15, -0.1) is 0 Å². The van der Waals surface area contributed by atoms with Gasteiger partial charge in [0.15, 0.2) is 5.72 Å². The second kappa shape index (κ2) is 4.17. The van der Waals surface area contributed by atoms with E-state index >= 15 is 0 Å². The minimum Gasteiger partial charge on any atom is -0.287 e. The van der Waals surface area contributed by atoms with Crippen molar-refractivity contribution in [2.24, 2.45) is 11.3 Å². The Hall–Kier alpha value is -0.120. The summed E-state index contributed by atoms with van der Waals surface area (Å²) in [6, 6.07) is 0. The van der Waals surface area contributed by atoms with Gasteiger partial charge in [-0.05, 0) is 37.1 Å². The molecule has 14 heavy (non-hydrogen) atoms. The van der Waals surface area contributed by atoms with E-state index in [0.717, 1.165) is 19.4 Å². The molecule has 0 amide bonds. The molecule has 1 saturated carbocycles. The largest absolute Gasteiger partial charge is 0.287 e. The van der Waals surface area contributed by atoms with Gasteiger partial charge in [0.05, 0.1) is 0 Å². The van der Waals surface area contributed by atoms with E-state index in [1.807, 2.05) is 6.92 Å². The standard InChI is InChI=1S/C11H23NO2/c1-5-12-11(14-13)7-9(2)6-10(3,4)8-11/h9,12-13H,5-8H2,1-4H3. The molecule has 0 spiro atoms. The van der Waals surface area contributed by atoms with Crippen LogP contribution in [0.3, 0.4) is 0 Å². The lowest BCUT2D eigenvalue weighted by Crippen LogP contribution is -2.54. The Morgan fingerprint density at radius 1 is 1.43 bits per heavy atom. The van der Waals surface area contributed by atoms with Gasteiger partial charge in [-0.2, -0.15) is 0 Å². The number of hydrogen-bond acceptors (Lipinski definition) is 3. The molecule has 0 aromatic carbocycles. The third-order valence-electron chi connectivity index (χ3n) is 3.02. The molecule has 0 aromatic heterocycles. The fourth-order valence-corrected chi connectivity index (χ4v) is 3.05. The van der Waals surface area contributed by atoms with Crippen LogP contribution in [0.25, 0.3) is 0 Å². The molecule has 1 aliphatic rings. The highest BCUT2D eigenvalue weighted by atomic mass is 17.1. The molecule has 3 nitrogen and oxygen atoms in total. The minimum atomic E-state index is -0.518. The first-order valence-electron chi connectivity index (χ1n) is 5.51. The van der Waals surface area contributed by atoms with Crippen molar-refractivity contribution in [3.05, 3.63) is 0 Å². The van der Waals surface area contributed by atoms with Crippen molar-refractivity contribution in [1.82, 2.24) is 5.32 Å². The summed E-state index contributed by atoms with van der Waals surface area (Å²) >= 11 is 0. The van der Waals surface area contributed by atoms with E-state index in [1.165, 1.54) is 6.42 Å². The van der Waals surface area contributed by atoms with Gasteiger partial charge in [0.2, 0.25) is 0 Å². The predicted molar refractivity (Wildman–Crippen MR) is 56.9 cm³/mol. The summed E-state index contributed by atoms with van der Waals surface area (Å²) in [4.78, 5) is 4.71.